The Kier molecular flexibility index (Phi) is 2.34. The molecule has 2 aromatic carbocycles. The molecule has 1 aromatic heterocycles. The van der Waals surface area contributed by atoms with Crippen LogP contribution in [-0.4, -0.2) is 9.55 Å². The van der Waals surface area contributed by atoms with Crippen molar-refractivity contribution in [3.8, 4) is 5.69 Å². The second-order valence-corrected chi connectivity index (χ2v) is 3.97. The van der Waals surface area contributed by atoms with Crippen LogP contribution in [0.5, 0.6) is 0 Å². The average molecular weight is 237 g/mol. The van der Waals surface area contributed by atoms with E-state index in [-0.39, 0.29) is 5.69 Å². The predicted molar refractivity (Wildman–Crippen MR) is 71.8 cm³/mol. The maximum Gasteiger partial charge on any atom is 0.354 e. The van der Waals surface area contributed by atoms with Gasteiger partial charge in [-0.2, -0.15) is 4.98 Å². The fraction of sp³-hybridized carbons (Fsp3) is 0. The Balaban J connectivity index is 2.41. The van der Waals surface area contributed by atoms with E-state index in [4.69, 9.17) is 5.73 Å². The predicted octanol–water partition coefficient (Wildman–Crippen LogP) is 1.97. The minimum Gasteiger partial charge on any atom is -0.384 e. The first-order valence-electron chi connectivity index (χ1n) is 5.60. The van der Waals surface area contributed by atoms with Gasteiger partial charge >= 0.3 is 5.69 Å². The fourth-order valence-corrected chi connectivity index (χ4v) is 1.99. The zero-order chi connectivity index (χ0) is 12.5. The lowest BCUT2D eigenvalue weighted by Crippen LogP contribution is -2.24. The molecule has 0 atom stereocenters. The van der Waals surface area contributed by atoms with Crippen LogP contribution < -0.4 is 11.4 Å². The maximum atomic E-state index is 12.0. The van der Waals surface area contributed by atoms with Crippen molar-refractivity contribution in [1.82, 2.24) is 9.55 Å². The highest BCUT2D eigenvalue weighted by molar-refractivity contribution is 5.88. The van der Waals surface area contributed by atoms with Crippen LogP contribution >= 0.6 is 0 Å². The quantitative estimate of drug-likeness (QED) is 0.703. The lowest BCUT2D eigenvalue weighted by molar-refractivity contribution is 0.950. The lowest BCUT2D eigenvalue weighted by atomic mass is 10.2. The van der Waals surface area contributed by atoms with Gasteiger partial charge in [0.1, 0.15) is 5.82 Å². The number of aromatic nitrogens is 2. The molecule has 0 saturated heterocycles. The standard InChI is InChI=1S/C14H11N3O/c15-13-11-8-4-5-9-12(11)16-14(18)17(13)10-6-2-1-3-7-10/h1-9H,15H2. The summed E-state index contributed by atoms with van der Waals surface area (Å²) >= 11 is 0. The normalized spacial score (nSPS) is 10.7. The Hall–Kier alpha value is -2.62. The largest absolute Gasteiger partial charge is 0.384 e. The van der Waals surface area contributed by atoms with Crippen molar-refractivity contribution in [2.24, 2.45) is 0 Å². The van der Waals surface area contributed by atoms with Gasteiger partial charge in [0.2, 0.25) is 0 Å². The van der Waals surface area contributed by atoms with Crippen molar-refractivity contribution in [1.29, 1.82) is 0 Å². The molecular weight excluding hydrogens is 226 g/mol. The zero-order valence-corrected chi connectivity index (χ0v) is 9.58. The molecular formula is C14H11N3O. The number of para-hydroxylation sites is 2. The van der Waals surface area contributed by atoms with Crippen LogP contribution in [0.3, 0.4) is 0 Å². The Morgan fingerprint density at radius 1 is 0.944 bits per heavy atom. The molecule has 18 heavy (non-hydrogen) atoms. The first-order chi connectivity index (χ1) is 8.77. The van der Waals surface area contributed by atoms with Crippen molar-refractivity contribution in [2.75, 3.05) is 5.73 Å². The van der Waals surface area contributed by atoms with Crippen molar-refractivity contribution in [3.63, 3.8) is 0 Å². The number of hydrogen-bond donors (Lipinski definition) is 1. The Morgan fingerprint density at radius 3 is 2.39 bits per heavy atom. The number of nitrogen functional groups attached to an aromatic ring is 1. The molecule has 0 unspecified atom stereocenters. The molecule has 0 bridgehead atoms. The molecule has 0 radical (unpaired) electrons. The lowest BCUT2D eigenvalue weighted by Gasteiger charge is -2.10. The molecule has 0 fully saturated rings. The summed E-state index contributed by atoms with van der Waals surface area (Å²) in [4.78, 5) is 16.1. The number of fused-ring (bicyclic) bond motifs is 1. The van der Waals surface area contributed by atoms with Crippen molar-refractivity contribution < 1.29 is 0 Å². The van der Waals surface area contributed by atoms with Gasteiger partial charge in [-0.1, -0.05) is 30.3 Å². The first-order valence-corrected chi connectivity index (χ1v) is 5.60. The van der Waals surface area contributed by atoms with Crippen LogP contribution in [0.15, 0.2) is 59.4 Å². The van der Waals surface area contributed by atoms with Crippen LogP contribution in [0.25, 0.3) is 16.6 Å². The van der Waals surface area contributed by atoms with Crippen molar-refractivity contribution >= 4 is 16.7 Å². The number of nitrogens with zero attached hydrogens (tertiary/aromatic N) is 2. The monoisotopic (exact) mass is 237 g/mol. The molecule has 4 heteroatoms. The summed E-state index contributed by atoms with van der Waals surface area (Å²) in [5, 5.41) is 0.779. The van der Waals surface area contributed by atoms with E-state index in [2.05, 4.69) is 4.98 Å². The van der Waals surface area contributed by atoms with Crippen molar-refractivity contribution in [3.05, 3.63) is 65.1 Å². The molecule has 3 aromatic rings. The molecule has 0 saturated carbocycles. The Bertz CT molecular complexity index is 763. The number of anilines is 1. The van der Waals surface area contributed by atoms with Crippen LogP contribution in [0.1, 0.15) is 0 Å². The maximum absolute atomic E-state index is 12.0. The van der Waals surface area contributed by atoms with Crippen molar-refractivity contribution in [2.45, 2.75) is 0 Å². The summed E-state index contributed by atoms with van der Waals surface area (Å²) in [7, 11) is 0. The highest BCUT2D eigenvalue weighted by Gasteiger charge is 2.09. The zero-order valence-electron chi connectivity index (χ0n) is 9.58. The van der Waals surface area contributed by atoms with E-state index in [1.807, 2.05) is 48.5 Å². The fourth-order valence-electron chi connectivity index (χ4n) is 1.99. The third-order valence-corrected chi connectivity index (χ3v) is 2.84. The van der Waals surface area contributed by atoms with E-state index in [0.29, 0.717) is 11.3 Å². The van der Waals surface area contributed by atoms with E-state index >= 15 is 0 Å². The summed E-state index contributed by atoms with van der Waals surface area (Å²) in [6.07, 6.45) is 0. The smallest absolute Gasteiger partial charge is 0.354 e. The molecule has 3 rings (SSSR count). The van der Waals surface area contributed by atoms with Gasteiger partial charge in [0.15, 0.2) is 0 Å². The Labute approximate surface area is 103 Å². The first kappa shape index (κ1) is 10.5. The third-order valence-electron chi connectivity index (χ3n) is 2.84. The molecule has 0 aliphatic carbocycles. The number of hydrogen-bond acceptors (Lipinski definition) is 3. The van der Waals surface area contributed by atoms with Gasteiger partial charge in [0.05, 0.1) is 11.2 Å². The summed E-state index contributed by atoms with van der Waals surface area (Å²) < 4.78 is 1.42. The van der Waals surface area contributed by atoms with E-state index < -0.39 is 0 Å². The highest BCUT2D eigenvalue weighted by atomic mass is 16.1. The van der Waals surface area contributed by atoms with Gasteiger partial charge < -0.3 is 5.73 Å². The number of benzene rings is 2. The van der Waals surface area contributed by atoms with E-state index in [9.17, 15) is 4.79 Å². The molecule has 0 amide bonds. The van der Waals surface area contributed by atoms with E-state index in [1.54, 1.807) is 6.07 Å². The molecule has 1 heterocycles. The molecule has 88 valence electrons. The molecule has 0 spiro atoms. The topological polar surface area (TPSA) is 60.9 Å². The molecule has 4 nitrogen and oxygen atoms in total. The summed E-state index contributed by atoms with van der Waals surface area (Å²) in [5.74, 6) is 0.414. The summed E-state index contributed by atoms with van der Waals surface area (Å²) in [6.45, 7) is 0. The Morgan fingerprint density at radius 2 is 1.61 bits per heavy atom. The van der Waals surface area contributed by atoms with Crippen LogP contribution in [0, 0.1) is 0 Å². The SMILES string of the molecule is Nc1c2ccccc2nc(=O)n1-c1ccccc1. The minimum atomic E-state index is -0.364. The van der Waals surface area contributed by atoms with E-state index in [0.717, 1.165) is 11.1 Å². The second kappa shape index (κ2) is 4.00. The van der Waals surface area contributed by atoms with Gasteiger partial charge in [-0.3, -0.25) is 0 Å². The molecule has 2 N–H and O–H groups in total. The second-order valence-electron chi connectivity index (χ2n) is 3.97. The van der Waals surface area contributed by atoms with Gasteiger partial charge in [-0.25, -0.2) is 9.36 Å². The number of rotatable bonds is 1. The summed E-state index contributed by atoms with van der Waals surface area (Å²) in [6, 6.07) is 16.6. The van der Waals surface area contributed by atoms with Gasteiger partial charge in [0.25, 0.3) is 0 Å². The third kappa shape index (κ3) is 1.55. The van der Waals surface area contributed by atoms with Gasteiger partial charge in [-0.15, -0.1) is 0 Å². The van der Waals surface area contributed by atoms with Gasteiger partial charge in [-0.05, 0) is 24.3 Å². The van der Waals surface area contributed by atoms with Crippen LogP contribution in [-0.2, 0) is 0 Å². The van der Waals surface area contributed by atoms with E-state index in [1.165, 1.54) is 4.57 Å². The highest BCUT2D eigenvalue weighted by Crippen LogP contribution is 2.19. The molecule has 0 aliphatic rings. The van der Waals surface area contributed by atoms with Crippen LogP contribution in [0.4, 0.5) is 5.82 Å². The van der Waals surface area contributed by atoms with Crippen LogP contribution in [0.2, 0.25) is 0 Å². The average Bonchev–Trinajstić information content (AvgIpc) is 2.40. The molecule has 0 aliphatic heterocycles. The summed E-state index contributed by atoms with van der Waals surface area (Å²) in [5.41, 5.74) is 7.05. The number of nitrogens with two attached hydrogens (primary N) is 1. The van der Waals surface area contributed by atoms with Gasteiger partial charge in [0, 0.05) is 5.39 Å². The minimum absolute atomic E-state index is 0.364.